The van der Waals surface area contributed by atoms with Gasteiger partial charge in [-0.3, -0.25) is 9.59 Å². The number of hydrogen-bond acceptors (Lipinski definition) is 4. The molecule has 1 fully saturated rings. The summed E-state index contributed by atoms with van der Waals surface area (Å²) in [6.07, 6.45) is 3.10. The molecular formula is C24H29N3O4S. The van der Waals surface area contributed by atoms with E-state index in [0.717, 1.165) is 24.0 Å². The van der Waals surface area contributed by atoms with Crippen molar-refractivity contribution in [1.29, 1.82) is 0 Å². The lowest BCUT2D eigenvalue weighted by Gasteiger charge is -2.34. The molecule has 2 N–H and O–H groups in total. The van der Waals surface area contributed by atoms with Gasteiger partial charge in [-0.15, -0.1) is 0 Å². The molecule has 0 aromatic heterocycles. The lowest BCUT2D eigenvalue weighted by Crippen LogP contribution is -2.52. The van der Waals surface area contributed by atoms with Crippen LogP contribution in [-0.4, -0.2) is 44.3 Å². The second kappa shape index (κ2) is 9.42. The van der Waals surface area contributed by atoms with E-state index in [4.69, 9.17) is 0 Å². The Morgan fingerprint density at radius 2 is 1.97 bits per heavy atom. The number of nitrogens with one attached hydrogen (secondary N) is 2. The summed E-state index contributed by atoms with van der Waals surface area (Å²) >= 11 is 0. The van der Waals surface area contributed by atoms with Crippen molar-refractivity contribution in [2.75, 3.05) is 18.4 Å². The van der Waals surface area contributed by atoms with E-state index in [2.05, 4.69) is 17.0 Å². The van der Waals surface area contributed by atoms with Crippen LogP contribution in [0.1, 0.15) is 37.3 Å². The van der Waals surface area contributed by atoms with E-state index in [0.29, 0.717) is 37.5 Å². The smallest absolute Gasteiger partial charge is 0.241 e. The SMILES string of the molecule is C[C@H]1CCCN(C(=O)[C@H](Cc2ccccc2)NS(=O)(=O)c2ccc3c(c2)CCC(=O)N3)C1. The average molecular weight is 456 g/mol. The molecule has 0 saturated carbocycles. The van der Waals surface area contributed by atoms with Crippen LogP contribution in [-0.2, 0) is 32.5 Å². The third-order valence-electron chi connectivity index (χ3n) is 6.13. The Labute approximate surface area is 189 Å². The Morgan fingerprint density at radius 1 is 1.19 bits per heavy atom. The van der Waals surface area contributed by atoms with Gasteiger partial charge in [0.2, 0.25) is 21.8 Å². The van der Waals surface area contributed by atoms with Crippen LogP contribution in [0.5, 0.6) is 0 Å². The maximum Gasteiger partial charge on any atom is 0.241 e. The Hall–Kier alpha value is -2.71. The average Bonchev–Trinajstić information content (AvgIpc) is 2.78. The summed E-state index contributed by atoms with van der Waals surface area (Å²) in [6.45, 7) is 3.40. The van der Waals surface area contributed by atoms with Crippen LogP contribution < -0.4 is 10.0 Å². The molecule has 7 nitrogen and oxygen atoms in total. The van der Waals surface area contributed by atoms with Gasteiger partial charge in [0.25, 0.3) is 0 Å². The number of fused-ring (bicyclic) bond motifs is 1. The highest BCUT2D eigenvalue weighted by Crippen LogP contribution is 2.26. The molecule has 2 atom stereocenters. The summed E-state index contributed by atoms with van der Waals surface area (Å²) < 4.78 is 29.2. The zero-order valence-corrected chi connectivity index (χ0v) is 19.0. The highest BCUT2D eigenvalue weighted by molar-refractivity contribution is 7.89. The summed E-state index contributed by atoms with van der Waals surface area (Å²) in [4.78, 5) is 26.9. The van der Waals surface area contributed by atoms with Crippen molar-refractivity contribution < 1.29 is 18.0 Å². The second-order valence-electron chi connectivity index (χ2n) is 8.76. The van der Waals surface area contributed by atoms with Gasteiger partial charge in [-0.25, -0.2) is 8.42 Å². The minimum absolute atomic E-state index is 0.0736. The predicted octanol–water partition coefficient (Wildman–Crippen LogP) is 2.72. The van der Waals surface area contributed by atoms with E-state index >= 15 is 0 Å². The number of rotatable bonds is 6. The summed E-state index contributed by atoms with van der Waals surface area (Å²) in [6, 6.07) is 13.2. The fourth-order valence-electron chi connectivity index (χ4n) is 4.42. The van der Waals surface area contributed by atoms with Crippen LogP contribution in [0.25, 0.3) is 0 Å². The van der Waals surface area contributed by atoms with Crippen molar-refractivity contribution in [2.45, 2.75) is 50.0 Å². The largest absolute Gasteiger partial charge is 0.341 e. The monoisotopic (exact) mass is 455 g/mol. The topological polar surface area (TPSA) is 95.6 Å². The Balaban J connectivity index is 1.59. The van der Waals surface area contributed by atoms with Gasteiger partial charge in [0.05, 0.1) is 4.90 Å². The molecule has 2 amide bonds. The molecule has 2 aromatic carbocycles. The maximum absolute atomic E-state index is 13.4. The van der Waals surface area contributed by atoms with E-state index in [-0.39, 0.29) is 23.1 Å². The summed E-state index contributed by atoms with van der Waals surface area (Å²) in [5.41, 5.74) is 2.31. The van der Waals surface area contributed by atoms with Gasteiger partial charge < -0.3 is 10.2 Å². The van der Waals surface area contributed by atoms with Crippen LogP contribution in [0.15, 0.2) is 53.4 Å². The van der Waals surface area contributed by atoms with E-state index in [1.54, 1.807) is 17.0 Å². The number of anilines is 1. The number of hydrogen-bond donors (Lipinski definition) is 2. The van der Waals surface area contributed by atoms with E-state index < -0.39 is 16.1 Å². The number of piperidine rings is 1. The number of likely N-dealkylation sites (tertiary alicyclic amines) is 1. The second-order valence-corrected chi connectivity index (χ2v) is 10.5. The molecule has 2 aromatic rings. The Morgan fingerprint density at radius 3 is 2.72 bits per heavy atom. The first-order valence-corrected chi connectivity index (χ1v) is 12.6. The first kappa shape index (κ1) is 22.5. The number of carbonyl (C=O) groups is 2. The van der Waals surface area contributed by atoms with E-state index in [9.17, 15) is 18.0 Å². The van der Waals surface area contributed by atoms with Crippen molar-refractivity contribution >= 4 is 27.5 Å². The van der Waals surface area contributed by atoms with Crippen molar-refractivity contribution in [2.24, 2.45) is 5.92 Å². The zero-order chi connectivity index (χ0) is 22.7. The molecule has 2 heterocycles. The van der Waals surface area contributed by atoms with Crippen molar-refractivity contribution in [3.63, 3.8) is 0 Å². The third kappa shape index (κ3) is 5.19. The lowest BCUT2D eigenvalue weighted by molar-refractivity contribution is -0.134. The van der Waals surface area contributed by atoms with Crippen molar-refractivity contribution in [3.05, 3.63) is 59.7 Å². The number of nitrogens with zero attached hydrogens (tertiary/aromatic N) is 1. The van der Waals surface area contributed by atoms with Gasteiger partial charge in [-0.2, -0.15) is 4.72 Å². The summed E-state index contributed by atoms with van der Waals surface area (Å²) in [5, 5.41) is 2.76. The predicted molar refractivity (Wildman–Crippen MR) is 123 cm³/mol. The van der Waals surface area contributed by atoms with E-state index in [1.165, 1.54) is 6.07 Å². The summed E-state index contributed by atoms with van der Waals surface area (Å²) in [5.74, 6) is 0.141. The summed E-state index contributed by atoms with van der Waals surface area (Å²) in [7, 11) is -3.93. The number of amides is 2. The normalized spacial score (nSPS) is 19.7. The van der Waals surface area contributed by atoms with Gasteiger partial charge in [0.15, 0.2) is 0 Å². The number of aryl methyl sites for hydroxylation is 1. The van der Waals surface area contributed by atoms with Crippen LogP contribution in [0.2, 0.25) is 0 Å². The zero-order valence-electron chi connectivity index (χ0n) is 18.2. The fourth-order valence-corrected chi connectivity index (χ4v) is 5.66. The van der Waals surface area contributed by atoms with Gasteiger partial charge in [-0.1, -0.05) is 37.3 Å². The molecule has 170 valence electrons. The highest BCUT2D eigenvalue weighted by atomic mass is 32.2. The standard InChI is InChI=1S/C24H29N3O4S/c1-17-6-5-13-27(16-17)24(29)22(14-18-7-3-2-4-8-18)26-32(30,31)20-10-11-21-19(15-20)9-12-23(28)25-21/h2-4,7-8,10-11,15,17,22,26H,5-6,9,12-14,16H2,1H3,(H,25,28)/t17-,22-/m0/s1. The van der Waals surface area contributed by atoms with Crippen LogP contribution in [0.4, 0.5) is 5.69 Å². The Bertz CT molecular complexity index is 1100. The van der Waals surface area contributed by atoms with Gasteiger partial charge in [0, 0.05) is 25.2 Å². The van der Waals surface area contributed by atoms with E-state index in [1.807, 2.05) is 30.3 Å². The number of benzene rings is 2. The molecule has 8 heteroatoms. The minimum atomic E-state index is -3.93. The maximum atomic E-state index is 13.4. The molecule has 0 radical (unpaired) electrons. The fraction of sp³-hybridized carbons (Fsp3) is 0.417. The van der Waals surface area contributed by atoms with Crippen LogP contribution in [0.3, 0.4) is 0 Å². The van der Waals surface area contributed by atoms with Crippen molar-refractivity contribution in [3.8, 4) is 0 Å². The molecule has 4 rings (SSSR count). The molecule has 2 aliphatic rings. The van der Waals surface area contributed by atoms with Gasteiger partial charge in [0.1, 0.15) is 6.04 Å². The first-order chi connectivity index (χ1) is 15.3. The molecule has 0 bridgehead atoms. The molecule has 0 spiro atoms. The molecular weight excluding hydrogens is 426 g/mol. The first-order valence-electron chi connectivity index (χ1n) is 11.1. The highest BCUT2D eigenvalue weighted by Gasteiger charge is 2.32. The molecule has 32 heavy (non-hydrogen) atoms. The van der Waals surface area contributed by atoms with Crippen LogP contribution >= 0.6 is 0 Å². The van der Waals surface area contributed by atoms with Gasteiger partial charge >= 0.3 is 0 Å². The molecule has 2 aliphatic heterocycles. The van der Waals surface area contributed by atoms with Crippen molar-refractivity contribution in [1.82, 2.24) is 9.62 Å². The molecule has 0 unspecified atom stereocenters. The quantitative estimate of drug-likeness (QED) is 0.700. The molecule has 1 saturated heterocycles. The number of sulfonamides is 1. The minimum Gasteiger partial charge on any atom is -0.341 e. The number of carbonyl (C=O) groups excluding carboxylic acids is 2. The van der Waals surface area contributed by atoms with Gasteiger partial charge in [-0.05, 0) is 60.9 Å². The third-order valence-corrected chi connectivity index (χ3v) is 7.60. The molecule has 0 aliphatic carbocycles. The Kier molecular flexibility index (Phi) is 6.62. The van der Waals surface area contributed by atoms with Crippen LogP contribution in [0, 0.1) is 5.92 Å². The lowest BCUT2D eigenvalue weighted by atomic mass is 9.98.